The molecule has 5 nitrogen and oxygen atoms in total. The van der Waals surface area contributed by atoms with Crippen molar-refractivity contribution in [3.05, 3.63) is 58.9 Å². The lowest BCUT2D eigenvalue weighted by atomic mass is 9.77. The van der Waals surface area contributed by atoms with Crippen molar-refractivity contribution in [2.75, 3.05) is 45.3 Å². The fraction of sp³-hybridized carbons (Fsp3) is 0.435. The maximum absolute atomic E-state index is 13.8. The molecular weight excluding hydrogens is 369 g/mol. The van der Waals surface area contributed by atoms with Gasteiger partial charge in [0.2, 0.25) is 0 Å². The number of aryl methyl sites for hydroxylation is 1. The molecule has 0 bridgehead atoms. The van der Waals surface area contributed by atoms with Crippen LogP contribution in [0.25, 0.3) is 0 Å². The summed E-state index contributed by atoms with van der Waals surface area (Å²) in [7, 11) is 1.87. The fourth-order valence-electron chi connectivity index (χ4n) is 4.36. The third kappa shape index (κ3) is 4.00. The normalized spacial score (nSPS) is 20.4. The van der Waals surface area contributed by atoms with Gasteiger partial charge in [0.05, 0.1) is 19.8 Å². The summed E-state index contributed by atoms with van der Waals surface area (Å²) in [6, 6.07) is 11.3. The molecule has 0 radical (unpaired) electrons. The molecule has 1 unspecified atom stereocenters. The summed E-state index contributed by atoms with van der Waals surface area (Å²) >= 11 is 0. The number of rotatable bonds is 7. The minimum atomic E-state index is -0.232. The molecule has 6 heteroatoms. The van der Waals surface area contributed by atoms with Gasteiger partial charge in [-0.25, -0.2) is 4.39 Å². The van der Waals surface area contributed by atoms with Crippen molar-refractivity contribution < 1.29 is 13.9 Å². The van der Waals surface area contributed by atoms with E-state index in [9.17, 15) is 4.39 Å². The van der Waals surface area contributed by atoms with Crippen LogP contribution in [-0.2, 0) is 11.3 Å². The van der Waals surface area contributed by atoms with E-state index in [2.05, 4.69) is 22.3 Å². The maximum Gasteiger partial charge on any atom is 0.129 e. The minimum absolute atomic E-state index is 0.124. The molecule has 0 saturated carbocycles. The molecule has 2 saturated heterocycles. The van der Waals surface area contributed by atoms with Gasteiger partial charge in [-0.1, -0.05) is 12.1 Å². The molecule has 2 aliphatic heterocycles. The van der Waals surface area contributed by atoms with Gasteiger partial charge in [0.1, 0.15) is 11.6 Å². The van der Waals surface area contributed by atoms with Crippen LogP contribution in [0.3, 0.4) is 0 Å². The molecule has 2 aromatic rings. The second kappa shape index (κ2) is 8.13. The number of halogens is 1. The zero-order valence-electron chi connectivity index (χ0n) is 17.0. The molecule has 2 aromatic carbocycles. The van der Waals surface area contributed by atoms with Crippen molar-refractivity contribution in [3.63, 3.8) is 0 Å². The Balaban J connectivity index is 1.42. The zero-order chi connectivity index (χ0) is 20.4. The number of ether oxygens (including phenoxy) is 2. The van der Waals surface area contributed by atoms with Crippen molar-refractivity contribution in [1.29, 1.82) is 5.41 Å². The first kappa shape index (κ1) is 19.9. The van der Waals surface area contributed by atoms with E-state index in [1.165, 1.54) is 17.8 Å². The summed E-state index contributed by atoms with van der Waals surface area (Å²) in [4.78, 5) is 2.44. The van der Waals surface area contributed by atoms with Gasteiger partial charge in [0.25, 0.3) is 0 Å². The van der Waals surface area contributed by atoms with Crippen LogP contribution < -0.4 is 10.1 Å². The Morgan fingerprint density at radius 1 is 1.31 bits per heavy atom. The van der Waals surface area contributed by atoms with E-state index >= 15 is 0 Å². The predicted molar refractivity (Wildman–Crippen MR) is 113 cm³/mol. The van der Waals surface area contributed by atoms with Crippen LogP contribution in [0.5, 0.6) is 5.75 Å². The molecular formula is C23H28FN3O2. The third-order valence-corrected chi connectivity index (χ3v) is 6.20. The molecule has 2 heterocycles. The van der Waals surface area contributed by atoms with Crippen LogP contribution in [0.4, 0.5) is 10.1 Å². The van der Waals surface area contributed by atoms with Gasteiger partial charge < -0.3 is 20.2 Å². The van der Waals surface area contributed by atoms with Crippen molar-refractivity contribution in [2.24, 2.45) is 11.3 Å². The van der Waals surface area contributed by atoms with Crippen LogP contribution in [-0.4, -0.2) is 51.1 Å². The fourth-order valence-corrected chi connectivity index (χ4v) is 4.36. The zero-order valence-corrected chi connectivity index (χ0v) is 17.0. The summed E-state index contributed by atoms with van der Waals surface area (Å²) in [5.74, 6) is 0.698. The molecule has 2 aliphatic rings. The van der Waals surface area contributed by atoms with Crippen molar-refractivity contribution >= 4 is 11.9 Å². The van der Waals surface area contributed by atoms with E-state index < -0.39 is 0 Å². The average Bonchev–Trinajstić information content (AvgIpc) is 3.07. The van der Waals surface area contributed by atoms with E-state index in [1.807, 2.05) is 19.2 Å². The quantitative estimate of drug-likeness (QED) is 0.700. The van der Waals surface area contributed by atoms with E-state index in [4.69, 9.17) is 14.9 Å². The van der Waals surface area contributed by atoms with Gasteiger partial charge in [-0.2, -0.15) is 0 Å². The number of benzene rings is 2. The Morgan fingerprint density at radius 2 is 2.14 bits per heavy atom. The molecule has 2 fully saturated rings. The molecule has 1 spiro atoms. The van der Waals surface area contributed by atoms with Crippen LogP contribution >= 0.6 is 0 Å². The Kier molecular flexibility index (Phi) is 5.56. The topological polar surface area (TPSA) is 57.6 Å². The van der Waals surface area contributed by atoms with E-state index in [0.717, 1.165) is 44.1 Å². The summed E-state index contributed by atoms with van der Waals surface area (Å²) in [5, 5.41) is 10.8. The average molecular weight is 397 g/mol. The van der Waals surface area contributed by atoms with E-state index in [0.29, 0.717) is 23.8 Å². The number of nitrogens with zero attached hydrogens (tertiary/aromatic N) is 1. The summed E-state index contributed by atoms with van der Waals surface area (Å²) in [6.07, 6.45) is 1.39. The van der Waals surface area contributed by atoms with Gasteiger partial charge in [0.15, 0.2) is 0 Å². The van der Waals surface area contributed by atoms with E-state index in [1.54, 1.807) is 13.0 Å². The van der Waals surface area contributed by atoms with Crippen molar-refractivity contribution in [3.8, 4) is 5.75 Å². The van der Waals surface area contributed by atoms with Crippen LogP contribution in [0.2, 0.25) is 0 Å². The molecule has 2 N–H and O–H groups in total. The number of hydrogen-bond acceptors (Lipinski definition) is 5. The van der Waals surface area contributed by atoms with Crippen LogP contribution in [0.15, 0.2) is 36.4 Å². The van der Waals surface area contributed by atoms with E-state index in [-0.39, 0.29) is 11.2 Å². The smallest absolute Gasteiger partial charge is 0.129 e. The largest absolute Gasteiger partial charge is 0.493 e. The molecule has 1 atom stereocenters. The summed E-state index contributed by atoms with van der Waals surface area (Å²) < 4.78 is 25.3. The SMILES string of the molecule is CNc1ccc(CN2CC(COc3ccc(C)c(F)c3)C3(COC3)C2)cc1C=N. The second-order valence-electron chi connectivity index (χ2n) is 8.26. The lowest BCUT2D eigenvalue weighted by molar-refractivity contribution is -0.133. The Hall–Kier alpha value is -2.44. The first-order valence-corrected chi connectivity index (χ1v) is 10.0. The maximum atomic E-state index is 13.8. The van der Waals surface area contributed by atoms with Gasteiger partial charge in [-0.05, 0) is 36.2 Å². The lowest BCUT2D eigenvalue weighted by Gasteiger charge is -2.42. The molecule has 0 aromatic heterocycles. The highest BCUT2D eigenvalue weighted by atomic mass is 19.1. The van der Waals surface area contributed by atoms with Crippen molar-refractivity contribution in [2.45, 2.75) is 13.5 Å². The monoisotopic (exact) mass is 397 g/mol. The van der Waals surface area contributed by atoms with Crippen molar-refractivity contribution in [1.82, 2.24) is 4.90 Å². The number of anilines is 1. The number of likely N-dealkylation sites (tertiary alicyclic amines) is 1. The highest BCUT2D eigenvalue weighted by Crippen LogP contribution is 2.43. The van der Waals surface area contributed by atoms with Crippen LogP contribution in [0, 0.1) is 29.5 Å². The Bertz CT molecular complexity index is 898. The summed E-state index contributed by atoms with van der Waals surface area (Å²) in [6.45, 7) is 6.55. The standard InChI is InChI=1S/C23H28FN3O2/c1-16-3-5-20(8-21(16)24)29-12-19-11-27(13-23(19)14-28-15-23)10-17-4-6-22(26-2)18(7-17)9-25/h3-9,19,25-26H,10-15H2,1-2H3. The lowest BCUT2D eigenvalue weighted by Crippen LogP contribution is -2.50. The van der Waals surface area contributed by atoms with Gasteiger partial charge in [-0.3, -0.25) is 4.90 Å². The summed E-state index contributed by atoms with van der Waals surface area (Å²) in [5.41, 5.74) is 3.80. The van der Waals surface area contributed by atoms with Crippen LogP contribution in [0.1, 0.15) is 16.7 Å². The highest BCUT2D eigenvalue weighted by Gasteiger charge is 2.52. The van der Waals surface area contributed by atoms with Gasteiger partial charge in [-0.15, -0.1) is 0 Å². The first-order valence-electron chi connectivity index (χ1n) is 10.0. The highest BCUT2D eigenvalue weighted by molar-refractivity contribution is 5.86. The first-order chi connectivity index (χ1) is 14.0. The third-order valence-electron chi connectivity index (χ3n) is 6.20. The Morgan fingerprint density at radius 3 is 2.79 bits per heavy atom. The molecule has 4 rings (SSSR count). The second-order valence-corrected chi connectivity index (χ2v) is 8.26. The molecule has 0 amide bonds. The van der Waals surface area contributed by atoms with Gasteiger partial charge >= 0.3 is 0 Å². The van der Waals surface area contributed by atoms with Gasteiger partial charge in [0, 0.05) is 61.5 Å². The minimum Gasteiger partial charge on any atom is -0.493 e. The molecule has 0 aliphatic carbocycles. The Labute approximate surface area is 171 Å². The predicted octanol–water partition coefficient (Wildman–Crippen LogP) is 3.70. The number of nitrogens with one attached hydrogen (secondary N) is 2. The molecule has 29 heavy (non-hydrogen) atoms. The molecule has 154 valence electrons. The number of hydrogen-bond donors (Lipinski definition) is 2.